The van der Waals surface area contributed by atoms with Gasteiger partial charge in [0.05, 0.1) is 5.92 Å². The maximum absolute atomic E-state index is 11.6. The largest absolute Gasteiger partial charge is 0.393 e. The van der Waals surface area contributed by atoms with E-state index in [0.29, 0.717) is 0 Å². The van der Waals surface area contributed by atoms with Gasteiger partial charge >= 0.3 is 11.9 Å². The van der Waals surface area contributed by atoms with E-state index in [-0.39, 0.29) is 5.41 Å². The second-order valence-electron chi connectivity index (χ2n) is 5.51. The summed E-state index contributed by atoms with van der Waals surface area (Å²) in [7, 11) is 0. The number of rotatable bonds is 2. The lowest BCUT2D eigenvalue weighted by molar-refractivity contribution is -0.158. The molecule has 0 N–H and O–H groups in total. The van der Waals surface area contributed by atoms with Gasteiger partial charge in [0.2, 0.25) is 0 Å². The third-order valence-electron chi connectivity index (χ3n) is 2.87. The van der Waals surface area contributed by atoms with Crippen LogP contribution in [0.5, 0.6) is 0 Å². The quantitative estimate of drug-likeness (QED) is 0.596. The highest BCUT2D eigenvalue weighted by Gasteiger charge is 2.19. The van der Waals surface area contributed by atoms with Gasteiger partial charge in [0.15, 0.2) is 0 Å². The summed E-state index contributed by atoms with van der Waals surface area (Å²) in [5.41, 5.74) is 2.15. The second kappa shape index (κ2) is 5.34. The lowest BCUT2D eigenvalue weighted by Gasteiger charge is -2.19. The van der Waals surface area contributed by atoms with Crippen LogP contribution in [0.25, 0.3) is 0 Å². The van der Waals surface area contributed by atoms with Gasteiger partial charge in [0, 0.05) is 6.92 Å². The van der Waals surface area contributed by atoms with E-state index in [1.807, 2.05) is 24.3 Å². The molecule has 0 aromatic heterocycles. The fraction of sp³-hybridized carbons (Fsp3) is 0.467. The van der Waals surface area contributed by atoms with Crippen molar-refractivity contribution in [2.45, 2.75) is 46.0 Å². The van der Waals surface area contributed by atoms with Crippen molar-refractivity contribution in [1.29, 1.82) is 0 Å². The Morgan fingerprint density at radius 1 is 1.11 bits per heavy atom. The first kappa shape index (κ1) is 14.4. The van der Waals surface area contributed by atoms with Crippen molar-refractivity contribution >= 4 is 11.9 Å². The van der Waals surface area contributed by atoms with Crippen LogP contribution in [-0.4, -0.2) is 11.9 Å². The van der Waals surface area contributed by atoms with Crippen molar-refractivity contribution in [3.8, 4) is 0 Å². The molecule has 3 nitrogen and oxygen atoms in total. The molecule has 1 aromatic rings. The van der Waals surface area contributed by atoms with Gasteiger partial charge in [-0.05, 0) is 23.5 Å². The highest BCUT2D eigenvalue weighted by molar-refractivity contribution is 5.88. The fourth-order valence-electron chi connectivity index (χ4n) is 1.64. The maximum Gasteiger partial charge on any atom is 0.320 e. The summed E-state index contributed by atoms with van der Waals surface area (Å²) >= 11 is 0. The van der Waals surface area contributed by atoms with E-state index in [9.17, 15) is 9.59 Å². The summed E-state index contributed by atoms with van der Waals surface area (Å²) in [4.78, 5) is 22.3. The number of carbonyl (C=O) groups excluding carboxylic acids is 2. The highest BCUT2D eigenvalue weighted by Crippen LogP contribution is 2.24. The zero-order valence-corrected chi connectivity index (χ0v) is 11.6. The van der Waals surface area contributed by atoms with Gasteiger partial charge in [-0.2, -0.15) is 0 Å². The smallest absolute Gasteiger partial charge is 0.320 e. The lowest BCUT2D eigenvalue weighted by atomic mass is 9.86. The van der Waals surface area contributed by atoms with Crippen LogP contribution in [-0.2, 0) is 19.7 Å². The third kappa shape index (κ3) is 3.69. The number of benzene rings is 1. The van der Waals surface area contributed by atoms with Crippen LogP contribution in [0.1, 0.15) is 51.7 Å². The molecule has 0 heterocycles. The molecule has 0 bridgehead atoms. The van der Waals surface area contributed by atoms with Gasteiger partial charge in [-0.1, -0.05) is 45.0 Å². The predicted molar refractivity (Wildman–Crippen MR) is 70.3 cm³/mol. The Bertz CT molecular complexity index is 438. The summed E-state index contributed by atoms with van der Waals surface area (Å²) < 4.78 is 4.59. The summed E-state index contributed by atoms with van der Waals surface area (Å²) in [6.45, 7) is 9.37. The average Bonchev–Trinajstić information content (AvgIpc) is 2.26. The Morgan fingerprint density at radius 2 is 1.61 bits per heavy atom. The molecule has 1 unspecified atom stereocenters. The zero-order valence-electron chi connectivity index (χ0n) is 11.6. The van der Waals surface area contributed by atoms with Crippen LogP contribution in [0.15, 0.2) is 24.3 Å². The van der Waals surface area contributed by atoms with Crippen molar-refractivity contribution in [3.63, 3.8) is 0 Å². The molecule has 0 spiro atoms. The number of hydrogen-bond acceptors (Lipinski definition) is 3. The van der Waals surface area contributed by atoms with E-state index in [4.69, 9.17) is 0 Å². The highest BCUT2D eigenvalue weighted by atomic mass is 16.6. The van der Waals surface area contributed by atoms with E-state index in [2.05, 4.69) is 25.5 Å². The van der Waals surface area contributed by atoms with Crippen molar-refractivity contribution in [2.75, 3.05) is 0 Å². The minimum absolute atomic E-state index is 0.0850. The SMILES string of the molecule is CC(=O)OC(=O)C(C)c1ccc(C(C)(C)C)cc1. The molecule has 18 heavy (non-hydrogen) atoms. The average molecular weight is 248 g/mol. The van der Waals surface area contributed by atoms with E-state index in [0.717, 1.165) is 5.56 Å². The van der Waals surface area contributed by atoms with Gasteiger partial charge < -0.3 is 4.74 Å². The summed E-state index contributed by atoms with van der Waals surface area (Å²) in [5, 5.41) is 0. The predicted octanol–water partition coefficient (Wildman–Crippen LogP) is 3.18. The van der Waals surface area contributed by atoms with Crippen LogP contribution in [0.2, 0.25) is 0 Å². The van der Waals surface area contributed by atoms with Crippen LogP contribution in [0.3, 0.4) is 0 Å². The number of hydrogen-bond donors (Lipinski definition) is 0. The van der Waals surface area contributed by atoms with Gasteiger partial charge in [-0.25, -0.2) is 0 Å². The Morgan fingerprint density at radius 3 is 2.00 bits per heavy atom. The van der Waals surface area contributed by atoms with Crippen LogP contribution >= 0.6 is 0 Å². The first-order chi connectivity index (χ1) is 8.21. The molecule has 0 aliphatic rings. The molecular weight excluding hydrogens is 228 g/mol. The summed E-state index contributed by atoms with van der Waals surface area (Å²) in [6.07, 6.45) is 0. The molecule has 0 saturated heterocycles. The first-order valence-electron chi connectivity index (χ1n) is 6.04. The Balaban J connectivity index is 2.85. The minimum atomic E-state index is -0.571. The molecule has 0 saturated carbocycles. The summed E-state index contributed by atoms with van der Waals surface area (Å²) in [5.74, 6) is -1.51. The van der Waals surface area contributed by atoms with Crippen molar-refractivity contribution in [1.82, 2.24) is 0 Å². The third-order valence-corrected chi connectivity index (χ3v) is 2.87. The van der Waals surface area contributed by atoms with E-state index in [1.54, 1.807) is 6.92 Å². The van der Waals surface area contributed by atoms with E-state index < -0.39 is 17.9 Å². The summed E-state index contributed by atoms with van der Waals surface area (Å²) in [6, 6.07) is 7.83. The molecule has 3 heteroatoms. The minimum Gasteiger partial charge on any atom is -0.393 e. The fourth-order valence-corrected chi connectivity index (χ4v) is 1.64. The molecule has 0 radical (unpaired) electrons. The van der Waals surface area contributed by atoms with Gasteiger partial charge in [-0.15, -0.1) is 0 Å². The molecule has 0 aliphatic carbocycles. The van der Waals surface area contributed by atoms with Crippen molar-refractivity contribution in [3.05, 3.63) is 35.4 Å². The Hall–Kier alpha value is -1.64. The van der Waals surface area contributed by atoms with Gasteiger partial charge in [0.1, 0.15) is 0 Å². The normalized spacial score (nSPS) is 12.9. The number of ether oxygens (including phenoxy) is 1. The maximum atomic E-state index is 11.6. The lowest BCUT2D eigenvalue weighted by Crippen LogP contribution is -2.16. The van der Waals surface area contributed by atoms with Crippen LogP contribution in [0, 0.1) is 0 Å². The molecule has 1 rings (SSSR count). The van der Waals surface area contributed by atoms with E-state index in [1.165, 1.54) is 12.5 Å². The molecule has 0 amide bonds. The Kier molecular flexibility index (Phi) is 4.28. The van der Waals surface area contributed by atoms with Crippen molar-refractivity contribution < 1.29 is 14.3 Å². The molecule has 1 aromatic carbocycles. The zero-order chi connectivity index (χ0) is 13.9. The number of esters is 2. The van der Waals surface area contributed by atoms with E-state index >= 15 is 0 Å². The topological polar surface area (TPSA) is 43.4 Å². The first-order valence-corrected chi connectivity index (χ1v) is 6.04. The molecule has 1 atom stereocenters. The van der Waals surface area contributed by atoms with Crippen LogP contribution < -0.4 is 0 Å². The molecular formula is C15H20O3. The molecule has 0 aliphatic heterocycles. The van der Waals surface area contributed by atoms with Crippen molar-refractivity contribution in [2.24, 2.45) is 0 Å². The number of carbonyl (C=O) groups is 2. The Labute approximate surface area is 108 Å². The molecule has 98 valence electrons. The standard InChI is InChI=1S/C15H20O3/c1-10(14(17)18-11(2)16)12-6-8-13(9-7-12)15(3,4)5/h6-10H,1-5H3. The van der Waals surface area contributed by atoms with Gasteiger partial charge in [0.25, 0.3) is 0 Å². The second-order valence-corrected chi connectivity index (χ2v) is 5.51. The van der Waals surface area contributed by atoms with Crippen LogP contribution in [0.4, 0.5) is 0 Å². The monoisotopic (exact) mass is 248 g/mol. The van der Waals surface area contributed by atoms with Gasteiger partial charge in [-0.3, -0.25) is 9.59 Å². The molecule has 0 fully saturated rings.